The molecular weight excluding hydrogens is 220 g/mol. The van der Waals surface area contributed by atoms with E-state index in [4.69, 9.17) is 0 Å². The van der Waals surface area contributed by atoms with Gasteiger partial charge in [0, 0.05) is 17.6 Å². The molecule has 0 atom stereocenters. The first kappa shape index (κ1) is 13.0. The Labute approximate surface area is 109 Å². The van der Waals surface area contributed by atoms with E-state index in [0.29, 0.717) is 6.04 Å². The predicted octanol–water partition coefficient (Wildman–Crippen LogP) is 3.56. The SMILES string of the molecule is CC(C)NCCCCc1ccc2ncccc2c1. The lowest BCUT2D eigenvalue weighted by molar-refractivity contribution is 0.557. The minimum absolute atomic E-state index is 0.594. The molecule has 0 saturated carbocycles. The number of pyridine rings is 1. The molecule has 1 aromatic heterocycles. The second kappa shape index (κ2) is 6.50. The molecule has 0 bridgehead atoms. The molecular formula is C16H22N2. The van der Waals surface area contributed by atoms with Gasteiger partial charge < -0.3 is 5.32 Å². The van der Waals surface area contributed by atoms with E-state index in [0.717, 1.165) is 18.5 Å². The molecule has 1 N–H and O–H groups in total. The summed E-state index contributed by atoms with van der Waals surface area (Å²) in [4.78, 5) is 4.34. The molecule has 2 heteroatoms. The second-order valence-corrected chi connectivity index (χ2v) is 5.10. The molecule has 1 heterocycles. The zero-order valence-corrected chi connectivity index (χ0v) is 11.3. The van der Waals surface area contributed by atoms with Crippen LogP contribution in [0.15, 0.2) is 36.5 Å². The molecule has 1 aromatic carbocycles. The molecule has 0 aliphatic carbocycles. The largest absolute Gasteiger partial charge is 0.315 e. The van der Waals surface area contributed by atoms with Crippen molar-refractivity contribution in [2.24, 2.45) is 0 Å². The van der Waals surface area contributed by atoms with Crippen LogP contribution >= 0.6 is 0 Å². The molecule has 0 unspecified atom stereocenters. The van der Waals surface area contributed by atoms with E-state index >= 15 is 0 Å². The number of rotatable bonds is 6. The topological polar surface area (TPSA) is 24.9 Å². The van der Waals surface area contributed by atoms with Crippen molar-refractivity contribution in [3.63, 3.8) is 0 Å². The summed E-state index contributed by atoms with van der Waals surface area (Å²) in [6, 6.07) is 11.3. The van der Waals surface area contributed by atoms with Gasteiger partial charge in [-0.1, -0.05) is 26.0 Å². The van der Waals surface area contributed by atoms with Crippen molar-refractivity contribution < 1.29 is 0 Å². The Balaban J connectivity index is 1.84. The predicted molar refractivity (Wildman–Crippen MR) is 77.8 cm³/mol. The van der Waals surface area contributed by atoms with Gasteiger partial charge in [-0.15, -0.1) is 0 Å². The Bertz CT molecular complexity index is 491. The quantitative estimate of drug-likeness (QED) is 0.783. The molecule has 0 fully saturated rings. The van der Waals surface area contributed by atoms with Crippen molar-refractivity contribution >= 4 is 10.9 Å². The van der Waals surface area contributed by atoms with Crippen molar-refractivity contribution in [1.29, 1.82) is 0 Å². The second-order valence-electron chi connectivity index (χ2n) is 5.10. The lowest BCUT2D eigenvalue weighted by Gasteiger charge is -2.07. The molecule has 0 amide bonds. The Morgan fingerprint density at radius 2 is 2.06 bits per heavy atom. The molecule has 0 radical (unpaired) electrons. The van der Waals surface area contributed by atoms with Crippen LogP contribution in [0.25, 0.3) is 10.9 Å². The average molecular weight is 242 g/mol. The molecule has 0 aliphatic heterocycles. The summed E-state index contributed by atoms with van der Waals surface area (Å²) in [6.45, 7) is 5.50. The number of unbranched alkanes of at least 4 members (excludes halogenated alkanes) is 1. The highest BCUT2D eigenvalue weighted by molar-refractivity contribution is 5.78. The normalized spacial score (nSPS) is 11.3. The molecule has 2 rings (SSSR count). The van der Waals surface area contributed by atoms with Crippen LogP contribution < -0.4 is 5.32 Å². The molecule has 18 heavy (non-hydrogen) atoms. The third-order valence-electron chi connectivity index (χ3n) is 3.11. The van der Waals surface area contributed by atoms with Gasteiger partial charge in [-0.25, -0.2) is 0 Å². The van der Waals surface area contributed by atoms with Crippen LogP contribution in [-0.4, -0.2) is 17.6 Å². The van der Waals surface area contributed by atoms with Crippen LogP contribution in [0.1, 0.15) is 32.3 Å². The molecule has 0 saturated heterocycles. The molecule has 96 valence electrons. The maximum Gasteiger partial charge on any atom is 0.0702 e. The molecule has 0 aliphatic rings. The van der Waals surface area contributed by atoms with Crippen molar-refractivity contribution in [3.8, 4) is 0 Å². The summed E-state index contributed by atoms with van der Waals surface area (Å²) in [6.07, 6.45) is 5.49. The summed E-state index contributed by atoms with van der Waals surface area (Å²) >= 11 is 0. The van der Waals surface area contributed by atoms with Crippen LogP contribution in [0.4, 0.5) is 0 Å². The first-order valence-electron chi connectivity index (χ1n) is 6.83. The van der Waals surface area contributed by atoms with E-state index in [9.17, 15) is 0 Å². The summed E-state index contributed by atoms with van der Waals surface area (Å²) in [5, 5.41) is 4.70. The van der Waals surface area contributed by atoms with Crippen LogP contribution in [0.5, 0.6) is 0 Å². The minimum atomic E-state index is 0.594. The van der Waals surface area contributed by atoms with Gasteiger partial charge in [0.1, 0.15) is 0 Å². The standard InChI is InChI=1S/C16H22N2/c1-13(2)17-10-4-3-6-14-8-9-16-15(12-14)7-5-11-18-16/h5,7-9,11-13,17H,3-4,6,10H2,1-2H3. The summed E-state index contributed by atoms with van der Waals surface area (Å²) in [5.74, 6) is 0. The fourth-order valence-corrected chi connectivity index (χ4v) is 2.13. The van der Waals surface area contributed by atoms with Gasteiger partial charge in [-0.2, -0.15) is 0 Å². The van der Waals surface area contributed by atoms with E-state index in [1.165, 1.54) is 23.8 Å². The van der Waals surface area contributed by atoms with E-state index in [2.05, 4.69) is 48.4 Å². The summed E-state index contributed by atoms with van der Waals surface area (Å²) in [7, 11) is 0. The summed E-state index contributed by atoms with van der Waals surface area (Å²) in [5.41, 5.74) is 2.50. The number of benzene rings is 1. The molecule has 0 spiro atoms. The van der Waals surface area contributed by atoms with Gasteiger partial charge >= 0.3 is 0 Å². The molecule has 2 nitrogen and oxygen atoms in total. The van der Waals surface area contributed by atoms with E-state index in [1.807, 2.05) is 12.3 Å². The van der Waals surface area contributed by atoms with Crippen molar-refractivity contribution in [1.82, 2.24) is 10.3 Å². The van der Waals surface area contributed by atoms with Crippen molar-refractivity contribution in [2.75, 3.05) is 6.54 Å². The maximum absolute atomic E-state index is 4.34. The van der Waals surface area contributed by atoms with Gasteiger partial charge in [0.15, 0.2) is 0 Å². The lowest BCUT2D eigenvalue weighted by atomic mass is 10.1. The van der Waals surface area contributed by atoms with Crippen LogP contribution in [0.3, 0.4) is 0 Å². The third kappa shape index (κ3) is 3.81. The fourth-order valence-electron chi connectivity index (χ4n) is 2.13. The molecule has 2 aromatic rings. The first-order valence-corrected chi connectivity index (χ1v) is 6.83. The monoisotopic (exact) mass is 242 g/mol. The Morgan fingerprint density at radius 3 is 2.89 bits per heavy atom. The van der Waals surface area contributed by atoms with Gasteiger partial charge in [-0.3, -0.25) is 4.98 Å². The van der Waals surface area contributed by atoms with Crippen molar-refractivity contribution in [2.45, 2.75) is 39.2 Å². The van der Waals surface area contributed by atoms with Gasteiger partial charge in [-0.05, 0) is 49.6 Å². The van der Waals surface area contributed by atoms with Gasteiger partial charge in [0.25, 0.3) is 0 Å². The highest BCUT2D eigenvalue weighted by Gasteiger charge is 1.98. The van der Waals surface area contributed by atoms with E-state index in [1.54, 1.807) is 0 Å². The zero-order valence-electron chi connectivity index (χ0n) is 11.3. The Hall–Kier alpha value is -1.41. The highest BCUT2D eigenvalue weighted by atomic mass is 14.9. The van der Waals surface area contributed by atoms with Crippen LogP contribution in [0.2, 0.25) is 0 Å². The number of hydrogen-bond donors (Lipinski definition) is 1. The highest BCUT2D eigenvalue weighted by Crippen LogP contribution is 2.14. The Kier molecular flexibility index (Phi) is 4.71. The lowest BCUT2D eigenvalue weighted by Crippen LogP contribution is -2.23. The number of aryl methyl sites for hydroxylation is 1. The third-order valence-corrected chi connectivity index (χ3v) is 3.11. The number of hydrogen-bond acceptors (Lipinski definition) is 2. The minimum Gasteiger partial charge on any atom is -0.315 e. The van der Waals surface area contributed by atoms with Crippen molar-refractivity contribution in [3.05, 3.63) is 42.1 Å². The van der Waals surface area contributed by atoms with E-state index < -0.39 is 0 Å². The number of fused-ring (bicyclic) bond motifs is 1. The Morgan fingerprint density at radius 1 is 1.17 bits per heavy atom. The first-order chi connectivity index (χ1) is 8.75. The van der Waals surface area contributed by atoms with Crippen LogP contribution in [0, 0.1) is 0 Å². The van der Waals surface area contributed by atoms with Gasteiger partial charge in [0.05, 0.1) is 5.52 Å². The number of nitrogens with one attached hydrogen (secondary N) is 1. The van der Waals surface area contributed by atoms with Crippen LogP contribution in [-0.2, 0) is 6.42 Å². The maximum atomic E-state index is 4.34. The average Bonchev–Trinajstić information content (AvgIpc) is 2.38. The van der Waals surface area contributed by atoms with E-state index in [-0.39, 0.29) is 0 Å². The number of aromatic nitrogens is 1. The summed E-state index contributed by atoms with van der Waals surface area (Å²) < 4.78 is 0. The number of nitrogens with zero attached hydrogens (tertiary/aromatic N) is 1. The fraction of sp³-hybridized carbons (Fsp3) is 0.438. The smallest absolute Gasteiger partial charge is 0.0702 e. The zero-order chi connectivity index (χ0) is 12.8. The van der Waals surface area contributed by atoms with Gasteiger partial charge in [0.2, 0.25) is 0 Å².